The van der Waals surface area contributed by atoms with E-state index in [4.69, 9.17) is 14.2 Å². The molecule has 2 atom stereocenters. The summed E-state index contributed by atoms with van der Waals surface area (Å²) < 4.78 is 16.3. The normalized spacial score (nSPS) is 21.3. The zero-order chi connectivity index (χ0) is 23.5. The van der Waals surface area contributed by atoms with E-state index in [0.717, 1.165) is 74.6 Å². The fourth-order valence-corrected chi connectivity index (χ4v) is 5.78. The summed E-state index contributed by atoms with van der Waals surface area (Å²) in [5.41, 5.74) is 2.68. The number of rotatable bonds is 9. The summed E-state index contributed by atoms with van der Waals surface area (Å²) in [6.07, 6.45) is 5.15. The van der Waals surface area contributed by atoms with Crippen LogP contribution in [0.5, 0.6) is 17.2 Å². The highest BCUT2D eigenvalue weighted by atomic mass is 16.7. The number of carbonyl (C=O) groups is 1. The van der Waals surface area contributed by atoms with Crippen LogP contribution in [0.3, 0.4) is 0 Å². The fourth-order valence-electron chi connectivity index (χ4n) is 5.78. The average Bonchev–Trinajstić information content (AvgIpc) is 3.34. The van der Waals surface area contributed by atoms with Crippen molar-refractivity contribution in [3.8, 4) is 17.2 Å². The Morgan fingerprint density at radius 3 is 2.79 bits per heavy atom. The zero-order valence-corrected chi connectivity index (χ0v) is 20.3. The third-order valence-corrected chi connectivity index (χ3v) is 7.84. The molecule has 6 heteroatoms. The van der Waals surface area contributed by atoms with Gasteiger partial charge in [-0.3, -0.25) is 4.79 Å². The number of carbonyl (C=O) groups excluding carboxylic acids is 1. The topological polar surface area (TPSA) is 60.0 Å². The highest BCUT2D eigenvalue weighted by Gasteiger charge is 2.58. The van der Waals surface area contributed by atoms with E-state index in [2.05, 4.69) is 35.3 Å². The predicted octanol–water partition coefficient (Wildman–Crippen LogP) is 4.06. The van der Waals surface area contributed by atoms with Crippen LogP contribution in [0.2, 0.25) is 0 Å². The Hall–Kier alpha value is -2.73. The summed E-state index contributed by atoms with van der Waals surface area (Å²) in [5.74, 6) is 3.60. The molecule has 0 radical (unpaired) electrons. The maximum absolute atomic E-state index is 12.8. The van der Waals surface area contributed by atoms with Crippen LogP contribution in [-0.4, -0.2) is 50.9 Å². The van der Waals surface area contributed by atoms with Gasteiger partial charge in [-0.2, -0.15) is 0 Å². The van der Waals surface area contributed by atoms with Gasteiger partial charge in [0.2, 0.25) is 12.7 Å². The van der Waals surface area contributed by atoms with Gasteiger partial charge in [0.05, 0.1) is 7.11 Å². The predicted molar refractivity (Wildman–Crippen MR) is 131 cm³/mol. The molecular weight excluding hydrogens is 428 g/mol. The van der Waals surface area contributed by atoms with E-state index < -0.39 is 0 Å². The molecule has 2 aromatic carbocycles. The minimum absolute atomic E-state index is 0.193. The number of methoxy groups -OCH3 is 1. The standard InChI is InChI=1S/C28H36N2O4/c1-20(15-21-7-8-25-26(16-21)34-19-33-25)18-30-13-10-28(11-14-30)17-23(28)27(31)29-12-9-22-5-3-4-6-24(22)32-2/h3-8,16,20,23H,9-15,17-19H2,1-2H3,(H,29,31). The lowest BCUT2D eigenvalue weighted by molar-refractivity contribution is -0.123. The first-order valence-electron chi connectivity index (χ1n) is 12.6. The highest BCUT2D eigenvalue weighted by Crippen LogP contribution is 2.59. The largest absolute Gasteiger partial charge is 0.496 e. The Bertz CT molecular complexity index is 1020. The van der Waals surface area contributed by atoms with Crippen molar-refractivity contribution in [3.63, 3.8) is 0 Å². The van der Waals surface area contributed by atoms with E-state index in [1.54, 1.807) is 7.11 Å². The molecule has 6 nitrogen and oxygen atoms in total. The zero-order valence-electron chi connectivity index (χ0n) is 20.3. The maximum atomic E-state index is 12.8. The Morgan fingerprint density at radius 2 is 1.97 bits per heavy atom. The number of hydrogen-bond acceptors (Lipinski definition) is 5. The van der Waals surface area contributed by atoms with Crippen LogP contribution in [0.25, 0.3) is 0 Å². The summed E-state index contributed by atoms with van der Waals surface area (Å²) >= 11 is 0. The summed E-state index contributed by atoms with van der Waals surface area (Å²) in [6.45, 7) is 6.59. The van der Waals surface area contributed by atoms with Crippen LogP contribution >= 0.6 is 0 Å². The van der Waals surface area contributed by atoms with E-state index in [1.165, 1.54) is 5.56 Å². The fraction of sp³-hybridized carbons (Fsp3) is 0.536. The van der Waals surface area contributed by atoms with Gasteiger partial charge < -0.3 is 24.4 Å². The number of piperidine rings is 1. The smallest absolute Gasteiger partial charge is 0.231 e. The van der Waals surface area contributed by atoms with Gasteiger partial charge in [0.1, 0.15) is 5.75 Å². The summed E-state index contributed by atoms with van der Waals surface area (Å²) in [4.78, 5) is 15.4. The van der Waals surface area contributed by atoms with Crippen LogP contribution in [0.4, 0.5) is 0 Å². The summed E-state index contributed by atoms with van der Waals surface area (Å²) in [7, 11) is 1.69. The van der Waals surface area contributed by atoms with E-state index >= 15 is 0 Å². The SMILES string of the molecule is COc1ccccc1CCNC(=O)C1CC12CCN(CC(C)Cc1ccc3c(c1)OCO3)CC2. The molecular formula is C28H36N2O4. The van der Waals surface area contributed by atoms with Gasteiger partial charge in [0.15, 0.2) is 11.5 Å². The molecule has 1 spiro atoms. The lowest BCUT2D eigenvalue weighted by Crippen LogP contribution is -2.39. The molecule has 1 saturated heterocycles. The van der Waals surface area contributed by atoms with E-state index in [-0.39, 0.29) is 17.2 Å². The van der Waals surface area contributed by atoms with Gasteiger partial charge in [-0.15, -0.1) is 0 Å². The number of nitrogens with zero attached hydrogens (tertiary/aromatic N) is 1. The molecule has 182 valence electrons. The number of benzene rings is 2. The second kappa shape index (κ2) is 9.87. The number of nitrogens with one attached hydrogen (secondary N) is 1. The molecule has 5 rings (SSSR count). The molecule has 1 N–H and O–H groups in total. The first-order chi connectivity index (χ1) is 16.6. The minimum Gasteiger partial charge on any atom is -0.496 e. The molecule has 2 fully saturated rings. The van der Waals surface area contributed by atoms with Gasteiger partial charge in [0.25, 0.3) is 0 Å². The molecule has 1 saturated carbocycles. The highest BCUT2D eigenvalue weighted by molar-refractivity contribution is 5.82. The van der Waals surface area contributed by atoms with Crippen LogP contribution in [0, 0.1) is 17.3 Å². The number of fused-ring (bicyclic) bond motifs is 1. The van der Waals surface area contributed by atoms with E-state index in [9.17, 15) is 4.79 Å². The van der Waals surface area contributed by atoms with E-state index in [1.807, 2.05) is 24.3 Å². The number of hydrogen-bond donors (Lipinski definition) is 1. The first kappa shape index (κ1) is 23.0. The van der Waals surface area contributed by atoms with Crippen molar-refractivity contribution in [1.29, 1.82) is 0 Å². The van der Waals surface area contributed by atoms with Crippen molar-refractivity contribution in [3.05, 3.63) is 53.6 Å². The van der Waals surface area contributed by atoms with Crippen molar-refractivity contribution in [2.24, 2.45) is 17.3 Å². The molecule has 1 amide bonds. The third-order valence-electron chi connectivity index (χ3n) is 7.84. The molecule has 2 heterocycles. The van der Waals surface area contributed by atoms with Crippen LogP contribution in [-0.2, 0) is 17.6 Å². The minimum atomic E-state index is 0.193. The number of ether oxygens (including phenoxy) is 3. The molecule has 2 aliphatic heterocycles. The molecule has 34 heavy (non-hydrogen) atoms. The lowest BCUT2D eigenvalue weighted by atomic mass is 9.89. The molecule has 3 aliphatic rings. The van der Waals surface area contributed by atoms with Crippen molar-refractivity contribution in [2.45, 2.75) is 39.0 Å². The molecule has 0 bridgehead atoms. The summed E-state index contributed by atoms with van der Waals surface area (Å²) in [6, 6.07) is 14.3. The van der Waals surface area contributed by atoms with Gasteiger partial charge in [0, 0.05) is 19.0 Å². The van der Waals surface area contributed by atoms with Crippen molar-refractivity contribution >= 4 is 5.91 Å². The molecule has 2 aromatic rings. The van der Waals surface area contributed by atoms with Crippen LogP contribution in [0.1, 0.15) is 37.3 Å². The molecule has 2 unspecified atom stereocenters. The Morgan fingerprint density at radius 1 is 1.18 bits per heavy atom. The quantitative estimate of drug-likeness (QED) is 0.606. The second-order valence-corrected chi connectivity index (χ2v) is 10.3. The lowest BCUT2D eigenvalue weighted by Gasteiger charge is -2.34. The first-order valence-corrected chi connectivity index (χ1v) is 12.6. The molecule has 0 aromatic heterocycles. The number of para-hydroxylation sites is 1. The average molecular weight is 465 g/mol. The Kier molecular flexibility index (Phi) is 6.68. The number of likely N-dealkylation sites (tertiary alicyclic amines) is 1. The number of amides is 1. The maximum Gasteiger partial charge on any atom is 0.231 e. The van der Waals surface area contributed by atoms with Gasteiger partial charge in [-0.1, -0.05) is 31.2 Å². The van der Waals surface area contributed by atoms with Crippen molar-refractivity contribution < 1.29 is 19.0 Å². The van der Waals surface area contributed by atoms with Crippen molar-refractivity contribution in [2.75, 3.05) is 40.1 Å². The van der Waals surface area contributed by atoms with E-state index in [0.29, 0.717) is 19.3 Å². The van der Waals surface area contributed by atoms with Gasteiger partial charge >= 0.3 is 0 Å². The van der Waals surface area contributed by atoms with Crippen LogP contribution in [0.15, 0.2) is 42.5 Å². The van der Waals surface area contributed by atoms with Crippen LogP contribution < -0.4 is 19.5 Å². The molecule has 1 aliphatic carbocycles. The van der Waals surface area contributed by atoms with Gasteiger partial charge in [-0.05, 0) is 85.9 Å². The Labute approximate surface area is 202 Å². The monoisotopic (exact) mass is 464 g/mol. The second-order valence-electron chi connectivity index (χ2n) is 10.3. The summed E-state index contributed by atoms with van der Waals surface area (Å²) in [5, 5.41) is 3.18. The van der Waals surface area contributed by atoms with Gasteiger partial charge in [-0.25, -0.2) is 0 Å². The van der Waals surface area contributed by atoms with Crippen molar-refractivity contribution in [1.82, 2.24) is 10.2 Å². The Balaban J connectivity index is 1.03. The third kappa shape index (κ3) is 5.02.